The normalized spacial score (nSPS) is 16.8. The first kappa shape index (κ1) is 18.7. The van der Waals surface area contributed by atoms with E-state index in [4.69, 9.17) is 4.74 Å². The monoisotopic (exact) mass is 357 g/mol. The molecule has 0 saturated carbocycles. The standard InChI is InChI=1S/C17H21F2NO3S/c1-3-23-17(22)12-6-8-20(9-7-12)16(21)11(2)24-13-4-5-14(18)15(19)10-13/h4-5,10-12H,3,6-9H2,1-2H3. The summed E-state index contributed by atoms with van der Waals surface area (Å²) in [7, 11) is 0. The molecule has 1 fully saturated rings. The van der Waals surface area contributed by atoms with Crippen LogP contribution < -0.4 is 0 Å². The number of nitrogens with zero attached hydrogens (tertiary/aromatic N) is 1. The summed E-state index contributed by atoms with van der Waals surface area (Å²) in [5, 5.41) is -0.408. The molecule has 0 N–H and O–H groups in total. The summed E-state index contributed by atoms with van der Waals surface area (Å²) in [5.41, 5.74) is 0. The maximum Gasteiger partial charge on any atom is 0.309 e. The highest BCUT2D eigenvalue weighted by molar-refractivity contribution is 8.00. The van der Waals surface area contributed by atoms with Gasteiger partial charge in [0, 0.05) is 18.0 Å². The van der Waals surface area contributed by atoms with Crippen molar-refractivity contribution >= 4 is 23.6 Å². The predicted octanol–water partition coefficient (Wildman–Crippen LogP) is 3.25. The van der Waals surface area contributed by atoms with Crippen LogP contribution >= 0.6 is 11.8 Å². The Morgan fingerprint density at radius 1 is 1.29 bits per heavy atom. The van der Waals surface area contributed by atoms with E-state index in [-0.39, 0.29) is 17.8 Å². The van der Waals surface area contributed by atoms with Crippen LogP contribution in [0.5, 0.6) is 0 Å². The Morgan fingerprint density at radius 3 is 2.54 bits per heavy atom. The Hall–Kier alpha value is -1.63. The van der Waals surface area contributed by atoms with E-state index in [9.17, 15) is 18.4 Å². The Labute approximate surface area is 144 Å². The van der Waals surface area contributed by atoms with Gasteiger partial charge in [-0.3, -0.25) is 9.59 Å². The van der Waals surface area contributed by atoms with Gasteiger partial charge in [-0.25, -0.2) is 8.78 Å². The number of hydrogen-bond donors (Lipinski definition) is 0. The van der Waals surface area contributed by atoms with Gasteiger partial charge in [0.25, 0.3) is 0 Å². The summed E-state index contributed by atoms with van der Waals surface area (Å²) in [6.07, 6.45) is 1.18. The smallest absolute Gasteiger partial charge is 0.309 e. The number of likely N-dealkylation sites (tertiary alicyclic amines) is 1. The zero-order valence-electron chi connectivity index (χ0n) is 13.8. The molecule has 0 radical (unpaired) electrons. The van der Waals surface area contributed by atoms with E-state index in [1.807, 2.05) is 0 Å². The Balaban J connectivity index is 1.87. The molecule has 132 valence electrons. The molecule has 1 aromatic rings. The van der Waals surface area contributed by atoms with Crippen LogP contribution in [0.25, 0.3) is 0 Å². The Kier molecular flexibility index (Phi) is 6.60. The third-order valence-corrected chi connectivity index (χ3v) is 5.06. The lowest BCUT2D eigenvalue weighted by atomic mass is 9.97. The van der Waals surface area contributed by atoms with E-state index in [0.29, 0.717) is 37.4 Å². The Bertz CT molecular complexity index is 603. The molecule has 1 atom stereocenters. The minimum atomic E-state index is -0.921. The molecule has 2 rings (SSSR count). The molecular formula is C17H21F2NO3S. The number of thioether (sulfide) groups is 1. The van der Waals surface area contributed by atoms with Gasteiger partial charge in [0.05, 0.1) is 17.8 Å². The molecule has 1 unspecified atom stereocenters. The van der Waals surface area contributed by atoms with Crippen molar-refractivity contribution in [1.29, 1.82) is 0 Å². The number of rotatable bonds is 5. The second kappa shape index (κ2) is 8.46. The number of carbonyl (C=O) groups excluding carboxylic acids is 2. The lowest BCUT2D eigenvalue weighted by molar-refractivity contribution is -0.151. The number of ether oxygens (including phenoxy) is 1. The van der Waals surface area contributed by atoms with Crippen LogP contribution in [0, 0.1) is 17.6 Å². The quantitative estimate of drug-likeness (QED) is 0.599. The van der Waals surface area contributed by atoms with Gasteiger partial charge in [0.2, 0.25) is 5.91 Å². The van der Waals surface area contributed by atoms with Gasteiger partial charge < -0.3 is 9.64 Å². The van der Waals surface area contributed by atoms with E-state index in [2.05, 4.69) is 0 Å². The molecule has 1 amide bonds. The number of hydrogen-bond acceptors (Lipinski definition) is 4. The fourth-order valence-corrected chi connectivity index (χ4v) is 3.63. The van der Waals surface area contributed by atoms with Crippen molar-refractivity contribution in [2.24, 2.45) is 5.92 Å². The van der Waals surface area contributed by atoms with Gasteiger partial charge in [0.1, 0.15) is 0 Å². The summed E-state index contributed by atoms with van der Waals surface area (Å²) < 4.78 is 31.2. The van der Waals surface area contributed by atoms with Gasteiger partial charge >= 0.3 is 5.97 Å². The first-order valence-corrected chi connectivity index (χ1v) is 8.87. The second-order valence-corrected chi connectivity index (χ2v) is 7.10. The van der Waals surface area contributed by atoms with Crippen LogP contribution in [0.15, 0.2) is 23.1 Å². The highest BCUT2D eigenvalue weighted by Crippen LogP contribution is 2.27. The first-order chi connectivity index (χ1) is 11.4. The molecule has 4 nitrogen and oxygen atoms in total. The molecule has 1 saturated heterocycles. The molecule has 0 aromatic heterocycles. The van der Waals surface area contributed by atoms with E-state index in [1.54, 1.807) is 18.7 Å². The van der Waals surface area contributed by atoms with Crippen molar-refractivity contribution in [3.05, 3.63) is 29.8 Å². The minimum absolute atomic E-state index is 0.0629. The van der Waals surface area contributed by atoms with Crippen LogP contribution in [-0.2, 0) is 14.3 Å². The maximum atomic E-state index is 13.2. The highest BCUT2D eigenvalue weighted by atomic mass is 32.2. The number of carbonyl (C=O) groups is 2. The summed E-state index contributed by atoms with van der Waals surface area (Å²) in [6.45, 7) is 4.88. The van der Waals surface area contributed by atoms with Gasteiger partial charge in [-0.1, -0.05) is 0 Å². The average Bonchev–Trinajstić information content (AvgIpc) is 2.58. The maximum absolute atomic E-state index is 13.2. The van der Waals surface area contributed by atoms with Crippen LogP contribution in [0.1, 0.15) is 26.7 Å². The van der Waals surface area contributed by atoms with Gasteiger partial charge in [-0.15, -0.1) is 11.8 Å². The lowest BCUT2D eigenvalue weighted by Crippen LogP contribution is -2.43. The third kappa shape index (κ3) is 4.69. The summed E-state index contributed by atoms with van der Waals surface area (Å²) in [5.74, 6) is -2.24. The SMILES string of the molecule is CCOC(=O)C1CCN(C(=O)C(C)Sc2ccc(F)c(F)c2)CC1. The molecule has 0 bridgehead atoms. The van der Waals surface area contributed by atoms with Gasteiger partial charge in [-0.05, 0) is 44.9 Å². The fraction of sp³-hybridized carbons (Fsp3) is 0.529. The van der Waals surface area contributed by atoms with Crippen molar-refractivity contribution in [2.45, 2.75) is 36.8 Å². The van der Waals surface area contributed by atoms with Crippen molar-refractivity contribution < 1.29 is 23.1 Å². The molecule has 24 heavy (non-hydrogen) atoms. The van der Waals surface area contributed by atoms with Crippen LogP contribution in [0.4, 0.5) is 8.78 Å². The molecule has 1 aliphatic rings. The average molecular weight is 357 g/mol. The predicted molar refractivity (Wildman–Crippen MR) is 87.6 cm³/mol. The number of amides is 1. The third-order valence-electron chi connectivity index (χ3n) is 3.98. The largest absolute Gasteiger partial charge is 0.466 e. The van der Waals surface area contributed by atoms with Crippen LogP contribution in [-0.4, -0.2) is 41.7 Å². The van der Waals surface area contributed by atoms with Crippen molar-refractivity contribution in [3.8, 4) is 0 Å². The number of esters is 1. The van der Waals surface area contributed by atoms with Gasteiger partial charge in [0.15, 0.2) is 11.6 Å². The number of benzene rings is 1. The molecule has 0 spiro atoms. The van der Waals surface area contributed by atoms with Crippen molar-refractivity contribution in [3.63, 3.8) is 0 Å². The van der Waals surface area contributed by atoms with Crippen LogP contribution in [0.2, 0.25) is 0 Å². The van der Waals surface area contributed by atoms with E-state index >= 15 is 0 Å². The van der Waals surface area contributed by atoms with E-state index < -0.39 is 16.9 Å². The molecule has 7 heteroatoms. The Morgan fingerprint density at radius 2 is 1.96 bits per heavy atom. The molecule has 0 aliphatic carbocycles. The molecule has 1 aromatic carbocycles. The molecule has 1 aliphatic heterocycles. The molecular weight excluding hydrogens is 336 g/mol. The van der Waals surface area contributed by atoms with E-state index in [0.717, 1.165) is 12.1 Å². The first-order valence-electron chi connectivity index (χ1n) is 7.99. The van der Waals surface area contributed by atoms with Crippen molar-refractivity contribution in [1.82, 2.24) is 4.90 Å². The minimum Gasteiger partial charge on any atom is -0.466 e. The summed E-state index contributed by atoms with van der Waals surface area (Å²) >= 11 is 1.19. The van der Waals surface area contributed by atoms with Crippen LogP contribution in [0.3, 0.4) is 0 Å². The molecule has 1 heterocycles. The van der Waals surface area contributed by atoms with Crippen molar-refractivity contribution in [2.75, 3.05) is 19.7 Å². The number of halogens is 2. The zero-order valence-corrected chi connectivity index (χ0v) is 14.6. The van der Waals surface area contributed by atoms with E-state index in [1.165, 1.54) is 17.8 Å². The highest BCUT2D eigenvalue weighted by Gasteiger charge is 2.30. The zero-order chi connectivity index (χ0) is 17.7. The number of piperidine rings is 1. The summed E-state index contributed by atoms with van der Waals surface area (Å²) in [6, 6.07) is 3.61. The summed E-state index contributed by atoms with van der Waals surface area (Å²) in [4.78, 5) is 26.4. The topological polar surface area (TPSA) is 46.6 Å². The fourth-order valence-electron chi connectivity index (χ4n) is 2.66. The van der Waals surface area contributed by atoms with Gasteiger partial charge in [-0.2, -0.15) is 0 Å². The lowest BCUT2D eigenvalue weighted by Gasteiger charge is -2.32. The second-order valence-electron chi connectivity index (χ2n) is 5.69.